The Morgan fingerprint density at radius 1 is 1.35 bits per heavy atom. The number of fused-ring (bicyclic) bond motifs is 1. The molecule has 0 aliphatic heterocycles. The van der Waals surface area contributed by atoms with Gasteiger partial charge < -0.3 is 0 Å². The number of hydrogen-bond acceptors (Lipinski definition) is 3. The molecule has 2 unspecified atom stereocenters. The number of nitrogens with one attached hydrogen (secondary N) is 1. The van der Waals surface area contributed by atoms with Crippen LogP contribution in [0.1, 0.15) is 40.8 Å². The van der Waals surface area contributed by atoms with Crippen LogP contribution < -0.4 is 11.3 Å². The van der Waals surface area contributed by atoms with E-state index in [0.29, 0.717) is 5.92 Å². The summed E-state index contributed by atoms with van der Waals surface area (Å²) in [4.78, 5) is 4.59. The fourth-order valence-corrected chi connectivity index (χ4v) is 3.80. The smallest absolute Gasteiger partial charge is 0.0554 e. The number of rotatable bonds is 3. The van der Waals surface area contributed by atoms with E-state index in [9.17, 15) is 0 Å². The van der Waals surface area contributed by atoms with Crippen molar-refractivity contribution in [1.82, 2.24) is 10.4 Å². The number of halogens is 1. The Labute approximate surface area is 133 Å². The molecule has 0 saturated heterocycles. The van der Waals surface area contributed by atoms with Crippen molar-refractivity contribution in [1.29, 1.82) is 0 Å². The minimum atomic E-state index is 0.123. The summed E-state index contributed by atoms with van der Waals surface area (Å²) in [6, 6.07) is 10.7. The van der Waals surface area contributed by atoms with Crippen molar-refractivity contribution in [3.63, 3.8) is 0 Å². The zero-order valence-electron chi connectivity index (χ0n) is 11.4. The predicted molar refractivity (Wildman–Crippen MR) is 89.3 cm³/mol. The maximum atomic E-state index is 5.88. The molecule has 0 saturated carbocycles. The fraction of sp³-hybridized carbons (Fsp3) is 0.312. The van der Waals surface area contributed by atoms with E-state index < -0.39 is 0 Å². The van der Waals surface area contributed by atoms with Gasteiger partial charge >= 0.3 is 0 Å². The van der Waals surface area contributed by atoms with Crippen molar-refractivity contribution in [2.45, 2.75) is 31.7 Å². The van der Waals surface area contributed by atoms with E-state index in [-0.39, 0.29) is 6.04 Å². The van der Waals surface area contributed by atoms with Crippen LogP contribution in [0.4, 0.5) is 0 Å². The van der Waals surface area contributed by atoms with Crippen LogP contribution in [0, 0.1) is 10.5 Å². The van der Waals surface area contributed by atoms with E-state index in [1.807, 2.05) is 12.3 Å². The van der Waals surface area contributed by atoms with Crippen molar-refractivity contribution >= 4 is 22.6 Å². The molecule has 2 atom stereocenters. The Bertz CT molecular complexity index is 627. The highest BCUT2D eigenvalue weighted by Gasteiger charge is 2.32. The Morgan fingerprint density at radius 2 is 2.20 bits per heavy atom. The molecule has 0 bridgehead atoms. The number of aryl methyl sites for hydroxylation is 2. The molecule has 3 nitrogen and oxygen atoms in total. The number of hydrazine groups is 1. The van der Waals surface area contributed by atoms with Gasteiger partial charge in [-0.05, 0) is 65.1 Å². The summed E-state index contributed by atoms with van der Waals surface area (Å²) < 4.78 is 1.29. The highest BCUT2D eigenvalue weighted by Crippen LogP contribution is 2.41. The average Bonchev–Trinajstić information content (AvgIpc) is 2.88. The summed E-state index contributed by atoms with van der Waals surface area (Å²) in [7, 11) is 0. The highest BCUT2D eigenvalue weighted by atomic mass is 127. The third-order valence-electron chi connectivity index (χ3n) is 4.14. The Morgan fingerprint density at radius 3 is 3.00 bits per heavy atom. The van der Waals surface area contributed by atoms with E-state index in [1.165, 1.54) is 26.0 Å². The second kappa shape index (κ2) is 5.79. The van der Waals surface area contributed by atoms with Gasteiger partial charge in [-0.1, -0.05) is 24.3 Å². The lowest BCUT2D eigenvalue weighted by atomic mass is 9.90. The van der Waals surface area contributed by atoms with Crippen LogP contribution >= 0.6 is 22.6 Å². The van der Waals surface area contributed by atoms with Crippen molar-refractivity contribution in [2.75, 3.05) is 0 Å². The monoisotopic (exact) mass is 379 g/mol. The second-order valence-electron chi connectivity index (χ2n) is 5.32. The molecule has 0 amide bonds. The summed E-state index contributed by atoms with van der Waals surface area (Å²) in [5.74, 6) is 6.23. The molecule has 1 aromatic heterocycles. The Balaban J connectivity index is 2.02. The van der Waals surface area contributed by atoms with E-state index in [1.54, 1.807) is 0 Å². The number of hydrogen-bond donors (Lipinski definition) is 2. The van der Waals surface area contributed by atoms with E-state index >= 15 is 0 Å². The average molecular weight is 379 g/mol. The topological polar surface area (TPSA) is 50.9 Å². The van der Waals surface area contributed by atoms with Crippen LogP contribution in [0.25, 0.3) is 0 Å². The first-order chi connectivity index (χ1) is 9.72. The first-order valence-corrected chi connectivity index (χ1v) is 7.95. The second-order valence-corrected chi connectivity index (χ2v) is 6.39. The van der Waals surface area contributed by atoms with Gasteiger partial charge in [0.25, 0.3) is 0 Å². The van der Waals surface area contributed by atoms with Crippen LogP contribution in [0.3, 0.4) is 0 Å². The van der Waals surface area contributed by atoms with Crippen molar-refractivity contribution in [3.05, 3.63) is 62.5 Å². The molecule has 0 fully saturated rings. The van der Waals surface area contributed by atoms with Gasteiger partial charge in [0.1, 0.15) is 0 Å². The zero-order chi connectivity index (χ0) is 14.1. The molecule has 3 N–H and O–H groups in total. The molecule has 0 spiro atoms. The zero-order valence-corrected chi connectivity index (χ0v) is 13.6. The van der Waals surface area contributed by atoms with Crippen LogP contribution in [-0.2, 0) is 6.42 Å². The van der Waals surface area contributed by atoms with Crippen molar-refractivity contribution in [2.24, 2.45) is 5.84 Å². The summed E-state index contributed by atoms with van der Waals surface area (Å²) in [6.45, 7) is 2.14. The number of aromatic nitrogens is 1. The molecule has 1 heterocycles. The van der Waals surface area contributed by atoms with E-state index in [0.717, 1.165) is 12.8 Å². The van der Waals surface area contributed by atoms with Crippen LogP contribution in [0.5, 0.6) is 0 Å². The van der Waals surface area contributed by atoms with Gasteiger partial charge in [-0.2, -0.15) is 0 Å². The minimum absolute atomic E-state index is 0.123. The lowest BCUT2D eigenvalue weighted by Gasteiger charge is -2.25. The number of benzene rings is 1. The summed E-state index contributed by atoms with van der Waals surface area (Å²) >= 11 is 2.41. The first-order valence-electron chi connectivity index (χ1n) is 6.87. The molecule has 1 aliphatic carbocycles. The summed E-state index contributed by atoms with van der Waals surface area (Å²) in [5.41, 5.74) is 8.16. The summed E-state index contributed by atoms with van der Waals surface area (Å²) in [6.07, 6.45) is 4.07. The van der Waals surface area contributed by atoms with Crippen LogP contribution in [-0.4, -0.2) is 4.98 Å². The third-order valence-corrected chi connectivity index (χ3v) is 5.61. The summed E-state index contributed by atoms with van der Waals surface area (Å²) in [5, 5.41) is 0. The van der Waals surface area contributed by atoms with Crippen LogP contribution in [0.2, 0.25) is 0 Å². The fourth-order valence-electron chi connectivity index (χ4n) is 3.10. The molecular formula is C16H18IN3. The number of nitrogens with two attached hydrogens (primary N) is 1. The number of nitrogens with zero attached hydrogens (tertiary/aromatic N) is 1. The Kier molecular flexibility index (Phi) is 4.05. The van der Waals surface area contributed by atoms with Gasteiger partial charge in [-0.25, -0.2) is 0 Å². The molecule has 1 aliphatic rings. The normalized spacial score (nSPS) is 18.9. The van der Waals surface area contributed by atoms with E-state index in [2.05, 4.69) is 64.2 Å². The van der Waals surface area contributed by atoms with Gasteiger partial charge in [0.15, 0.2) is 0 Å². The van der Waals surface area contributed by atoms with E-state index in [4.69, 9.17) is 5.84 Å². The van der Waals surface area contributed by atoms with Gasteiger partial charge in [-0.15, -0.1) is 0 Å². The number of pyridine rings is 1. The molecule has 4 heteroatoms. The molecular weight excluding hydrogens is 361 g/mol. The van der Waals surface area contributed by atoms with Gasteiger partial charge in [0.2, 0.25) is 0 Å². The van der Waals surface area contributed by atoms with Gasteiger partial charge in [0.05, 0.1) is 6.04 Å². The molecule has 20 heavy (non-hydrogen) atoms. The lowest BCUT2D eigenvalue weighted by Crippen LogP contribution is -2.33. The SMILES string of the molecule is Cc1cccc(C(NN)C2CCc3cccnc32)c1I. The molecule has 104 valence electrons. The minimum Gasteiger partial charge on any atom is -0.271 e. The maximum Gasteiger partial charge on any atom is 0.0554 e. The Hall–Kier alpha value is -0.980. The van der Waals surface area contributed by atoms with Crippen molar-refractivity contribution in [3.8, 4) is 0 Å². The van der Waals surface area contributed by atoms with Crippen molar-refractivity contribution < 1.29 is 0 Å². The molecule has 3 rings (SSSR count). The lowest BCUT2D eigenvalue weighted by molar-refractivity contribution is 0.445. The first kappa shape index (κ1) is 14.0. The molecule has 2 aromatic rings. The molecule has 1 aromatic carbocycles. The standard InChI is InChI=1S/C16H18IN3/c1-10-4-2-6-12(14(10)17)16(20-18)13-8-7-11-5-3-9-19-15(11)13/h2-6,9,13,16,20H,7-8,18H2,1H3. The largest absolute Gasteiger partial charge is 0.271 e. The van der Waals surface area contributed by atoms with Gasteiger partial charge in [0, 0.05) is 21.4 Å². The highest BCUT2D eigenvalue weighted by molar-refractivity contribution is 14.1. The van der Waals surface area contributed by atoms with Gasteiger partial charge in [-0.3, -0.25) is 16.3 Å². The maximum absolute atomic E-state index is 5.88. The third kappa shape index (κ3) is 2.36. The molecule has 0 radical (unpaired) electrons. The predicted octanol–water partition coefficient (Wildman–Crippen LogP) is 3.23. The quantitative estimate of drug-likeness (QED) is 0.489. The van der Waals surface area contributed by atoms with Crippen LogP contribution in [0.15, 0.2) is 36.5 Å².